The number of hydrogen-bond donors (Lipinski definition) is 0. The van der Waals surface area contributed by atoms with Crippen LogP contribution < -0.4 is 0 Å². The minimum atomic E-state index is -0.782. The van der Waals surface area contributed by atoms with Gasteiger partial charge in [-0.05, 0) is 77.0 Å². The zero-order valence-electron chi connectivity index (χ0n) is 50.3. The van der Waals surface area contributed by atoms with E-state index in [1.807, 2.05) is 0 Å². The summed E-state index contributed by atoms with van der Waals surface area (Å²) in [5.74, 6) is -0.887. The SMILES string of the molecule is CC/C=C\C/C=C\C/C=C\C/C=C\C/C=C\C/C=C\C/C=C\CCCCCCCC(=O)OCC(COC(=O)CCCCCCCCCCC)OC(=O)CCCCCCCCCCCCCCCCCCCCCCCC. The van der Waals surface area contributed by atoms with Gasteiger partial charge >= 0.3 is 17.9 Å². The van der Waals surface area contributed by atoms with E-state index in [9.17, 15) is 14.4 Å². The van der Waals surface area contributed by atoms with Gasteiger partial charge in [0, 0.05) is 19.3 Å². The van der Waals surface area contributed by atoms with Gasteiger partial charge in [0.1, 0.15) is 13.2 Å². The average Bonchev–Trinajstić information content (AvgIpc) is 3.42. The van der Waals surface area contributed by atoms with Crippen LogP contribution in [0.5, 0.6) is 0 Å². The van der Waals surface area contributed by atoms with E-state index in [1.54, 1.807) is 0 Å². The Morgan fingerprint density at radius 3 is 0.803 bits per heavy atom. The lowest BCUT2D eigenvalue weighted by Gasteiger charge is -2.18. The Labute approximate surface area is 471 Å². The molecule has 0 radical (unpaired) electrons. The van der Waals surface area contributed by atoms with Crippen LogP contribution in [0, 0.1) is 0 Å². The highest BCUT2D eigenvalue weighted by Gasteiger charge is 2.19. The van der Waals surface area contributed by atoms with Gasteiger partial charge in [0.05, 0.1) is 0 Å². The second-order valence-electron chi connectivity index (χ2n) is 21.7. The maximum absolute atomic E-state index is 12.9. The molecule has 0 rings (SSSR count). The summed E-state index contributed by atoms with van der Waals surface area (Å²) in [6, 6.07) is 0. The van der Waals surface area contributed by atoms with E-state index in [2.05, 4.69) is 106 Å². The van der Waals surface area contributed by atoms with Gasteiger partial charge in [-0.25, -0.2) is 0 Å². The van der Waals surface area contributed by atoms with Crippen molar-refractivity contribution in [1.82, 2.24) is 0 Å². The first kappa shape index (κ1) is 72.6. The highest BCUT2D eigenvalue weighted by atomic mass is 16.6. The van der Waals surface area contributed by atoms with Gasteiger partial charge in [0.2, 0.25) is 0 Å². The lowest BCUT2D eigenvalue weighted by Crippen LogP contribution is -2.30. The minimum absolute atomic E-state index is 0.0789. The largest absolute Gasteiger partial charge is 0.462 e. The van der Waals surface area contributed by atoms with Crippen LogP contribution in [0.15, 0.2) is 85.1 Å². The summed E-state index contributed by atoms with van der Waals surface area (Å²) < 4.78 is 16.9. The molecule has 0 aliphatic heterocycles. The van der Waals surface area contributed by atoms with Crippen molar-refractivity contribution in [2.75, 3.05) is 13.2 Å². The van der Waals surface area contributed by atoms with Gasteiger partial charge in [-0.3, -0.25) is 14.4 Å². The summed E-state index contributed by atoms with van der Waals surface area (Å²) in [6.45, 7) is 6.53. The van der Waals surface area contributed by atoms with E-state index in [0.717, 1.165) is 122 Å². The van der Waals surface area contributed by atoms with Gasteiger partial charge in [0.15, 0.2) is 6.10 Å². The summed E-state index contributed by atoms with van der Waals surface area (Å²) in [7, 11) is 0. The molecule has 0 fully saturated rings. The first-order chi connectivity index (χ1) is 37.5. The van der Waals surface area contributed by atoms with Gasteiger partial charge in [-0.1, -0.05) is 311 Å². The molecule has 0 bridgehead atoms. The van der Waals surface area contributed by atoms with E-state index in [-0.39, 0.29) is 31.1 Å². The van der Waals surface area contributed by atoms with Crippen LogP contribution in [0.3, 0.4) is 0 Å². The lowest BCUT2D eigenvalue weighted by atomic mass is 10.0. The Balaban J connectivity index is 4.25. The Morgan fingerprint density at radius 2 is 0.513 bits per heavy atom. The number of esters is 3. The Morgan fingerprint density at radius 1 is 0.276 bits per heavy atom. The number of carbonyl (C=O) groups excluding carboxylic acids is 3. The zero-order valence-corrected chi connectivity index (χ0v) is 50.3. The Kier molecular flexibility index (Phi) is 61.2. The minimum Gasteiger partial charge on any atom is -0.462 e. The lowest BCUT2D eigenvalue weighted by molar-refractivity contribution is -0.167. The summed E-state index contributed by atoms with van der Waals surface area (Å²) in [5, 5.41) is 0. The van der Waals surface area contributed by atoms with Crippen LogP contribution in [0.25, 0.3) is 0 Å². The standard InChI is InChI=1S/C70H122O6/c1-4-7-10-13-16-19-21-23-25-27-29-31-33-34-35-36-37-39-40-42-44-46-48-51-54-57-60-63-69(72)75-66-67(65-74-68(71)62-59-56-53-50-18-15-12-9-6-3)76-70(73)64-61-58-55-52-49-47-45-43-41-38-32-30-28-26-24-22-20-17-14-11-8-5-2/h7,10,16,19,23,25,29,31,34-35,37,39,42,44,67H,4-6,8-9,11-15,17-18,20-22,24,26-28,30,32-33,36,38,40-41,43,45-66H2,1-3H3/b10-7-,19-16-,25-23-,31-29-,35-34-,39-37-,44-42-. The third kappa shape index (κ3) is 61.4. The third-order valence-corrected chi connectivity index (χ3v) is 14.2. The molecule has 438 valence electrons. The number of rotatable bonds is 59. The first-order valence-corrected chi connectivity index (χ1v) is 32.6. The predicted octanol–water partition coefficient (Wildman–Crippen LogP) is 22.3. The predicted molar refractivity (Wildman–Crippen MR) is 330 cm³/mol. The number of ether oxygens (including phenoxy) is 3. The Hall–Kier alpha value is -3.41. The van der Waals surface area contributed by atoms with Crippen LogP contribution in [0.2, 0.25) is 0 Å². The third-order valence-electron chi connectivity index (χ3n) is 14.2. The summed E-state index contributed by atoms with van der Waals surface area (Å²) in [6.07, 6.45) is 84.6. The van der Waals surface area contributed by atoms with Crippen molar-refractivity contribution in [3.63, 3.8) is 0 Å². The highest BCUT2D eigenvalue weighted by Crippen LogP contribution is 2.17. The van der Waals surface area contributed by atoms with Crippen molar-refractivity contribution in [3.8, 4) is 0 Å². The number of carbonyl (C=O) groups is 3. The molecule has 0 saturated heterocycles. The van der Waals surface area contributed by atoms with Crippen molar-refractivity contribution in [2.24, 2.45) is 0 Å². The molecule has 0 amide bonds. The van der Waals surface area contributed by atoms with Gasteiger partial charge in [-0.2, -0.15) is 0 Å². The first-order valence-electron chi connectivity index (χ1n) is 32.6. The molecule has 0 aromatic heterocycles. The molecule has 0 aliphatic rings. The monoisotopic (exact) mass is 1060 g/mol. The zero-order chi connectivity index (χ0) is 55.0. The summed E-state index contributed by atoms with van der Waals surface area (Å²) >= 11 is 0. The van der Waals surface area contributed by atoms with Gasteiger partial charge in [-0.15, -0.1) is 0 Å². The molecule has 0 heterocycles. The smallest absolute Gasteiger partial charge is 0.306 e. The van der Waals surface area contributed by atoms with Crippen LogP contribution in [-0.4, -0.2) is 37.2 Å². The fourth-order valence-electron chi connectivity index (χ4n) is 9.31. The second-order valence-corrected chi connectivity index (χ2v) is 21.7. The molecular formula is C70H122O6. The Bertz CT molecular complexity index is 1450. The van der Waals surface area contributed by atoms with Crippen molar-refractivity contribution < 1.29 is 28.6 Å². The number of allylic oxidation sites excluding steroid dienone is 14. The maximum atomic E-state index is 12.9. The molecular weight excluding hydrogens is 937 g/mol. The van der Waals surface area contributed by atoms with E-state index in [1.165, 1.54) is 161 Å². The maximum Gasteiger partial charge on any atom is 0.306 e. The summed E-state index contributed by atoms with van der Waals surface area (Å²) in [5.41, 5.74) is 0. The molecule has 0 spiro atoms. The van der Waals surface area contributed by atoms with Crippen molar-refractivity contribution in [1.29, 1.82) is 0 Å². The quantitative estimate of drug-likeness (QED) is 0.0261. The van der Waals surface area contributed by atoms with Crippen molar-refractivity contribution >= 4 is 17.9 Å². The number of hydrogen-bond acceptors (Lipinski definition) is 6. The fraction of sp³-hybridized carbons (Fsp3) is 0.757. The molecule has 76 heavy (non-hydrogen) atoms. The van der Waals surface area contributed by atoms with Crippen LogP contribution in [-0.2, 0) is 28.6 Å². The molecule has 1 unspecified atom stereocenters. The van der Waals surface area contributed by atoms with Crippen LogP contribution in [0.4, 0.5) is 0 Å². The average molecular weight is 1060 g/mol. The molecule has 1 atom stereocenters. The molecule has 0 aromatic carbocycles. The second kappa shape index (κ2) is 64.1. The molecule has 6 nitrogen and oxygen atoms in total. The molecule has 6 heteroatoms. The van der Waals surface area contributed by atoms with Crippen molar-refractivity contribution in [2.45, 2.75) is 329 Å². The van der Waals surface area contributed by atoms with Crippen LogP contribution >= 0.6 is 0 Å². The van der Waals surface area contributed by atoms with Gasteiger partial charge < -0.3 is 14.2 Å². The van der Waals surface area contributed by atoms with Crippen molar-refractivity contribution in [3.05, 3.63) is 85.1 Å². The highest BCUT2D eigenvalue weighted by molar-refractivity contribution is 5.71. The number of unbranched alkanes of at least 4 members (excludes halogenated alkanes) is 34. The van der Waals surface area contributed by atoms with E-state index in [0.29, 0.717) is 19.3 Å². The van der Waals surface area contributed by atoms with Gasteiger partial charge in [0.25, 0.3) is 0 Å². The normalized spacial score (nSPS) is 12.6. The molecule has 0 aliphatic carbocycles. The fourth-order valence-corrected chi connectivity index (χ4v) is 9.31. The van der Waals surface area contributed by atoms with E-state index < -0.39 is 6.10 Å². The van der Waals surface area contributed by atoms with Crippen LogP contribution in [0.1, 0.15) is 323 Å². The van der Waals surface area contributed by atoms with E-state index >= 15 is 0 Å². The molecule has 0 aromatic rings. The molecule has 0 N–H and O–H groups in total. The van der Waals surface area contributed by atoms with E-state index in [4.69, 9.17) is 14.2 Å². The summed E-state index contributed by atoms with van der Waals surface area (Å²) in [4.78, 5) is 38.2. The molecule has 0 saturated carbocycles. The topological polar surface area (TPSA) is 78.9 Å².